The number of amides is 1. The molecule has 0 aromatic carbocycles. The third-order valence-corrected chi connectivity index (χ3v) is 3.40. The molecule has 1 aromatic heterocycles. The van der Waals surface area contributed by atoms with Gasteiger partial charge >= 0.3 is 0 Å². The normalized spacial score (nSPS) is 17.7. The molecule has 5 nitrogen and oxygen atoms in total. The molecule has 1 fully saturated rings. The molecule has 1 saturated carbocycles. The molecule has 0 saturated heterocycles. The quantitative estimate of drug-likeness (QED) is 0.684. The number of carbonyl (C=O) groups is 1. The number of nitrogen functional groups attached to an aromatic ring is 1. The van der Waals surface area contributed by atoms with Gasteiger partial charge in [-0.1, -0.05) is 25.7 Å². The second-order valence-corrected chi connectivity index (χ2v) is 4.77. The van der Waals surface area contributed by atoms with Gasteiger partial charge in [0.05, 0.1) is 11.4 Å². The van der Waals surface area contributed by atoms with E-state index in [-0.39, 0.29) is 11.9 Å². The number of aryl methyl sites for hydroxylation is 1. The van der Waals surface area contributed by atoms with Gasteiger partial charge in [-0.2, -0.15) is 5.10 Å². The first-order valence-electron chi connectivity index (χ1n) is 6.30. The van der Waals surface area contributed by atoms with Crippen LogP contribution < -0.4 is 11.1 Å². The number of anilines is 1. The summed E-state index contributed by atoms with van der Waals surface area (Å²) in [6, 6.07) is 0.279. The third-order valence-electron chi connectivity index (χ3n) is 3.40. The van der Waals surface area contributed by atoms with Gasteiger partial charge in [-0.05, 0) is 19.8 Å². The van der Waals surface area contributed by atoms with Crippen LogP contribution in [-0.4, -0.2) is 22.1 Å². The second-order valence-electron chi connectivity index (χ2n) is 4.77. The Balaban J connectivity index is 1.98. The van der Waals surface area contributed by atoms with Gasteiger partial charge in [0, 0.05) is 6.04 Å². The molecule has 17 heavy (non-hydrogen) atoms. The fraction of sp³-hybridized carbons (Fsp3) is 0.667. The molecular formula is C12H20N4O. The first-order chi connectivity index (χ1) is 8.18. The summed E-state index contributed by atoms with van der Waals surface area (Å²) in [6.45, 7) is 1.81. The van der Waals surface area contributed by atoms with Crippen LogP contribution in [0.2, 0.25) is 0 Å². The van der Waals surface area contributed by atoms with Crippen LogP contribution >= 0.6 is 0 Å². The lowest BCUT2D eigenvalue weighted by Gasteiger charge is -2.15. The van der Waals surface area contributed by atoms with Crippen molar-refractivity contribution in [3.8, 4) is 0 Å². The topological polar surface area (TPSA) is 83.8 Å². The molecule has 1 aliphatic carbocycles. The van der Waals surface area contributed by atoms with Gasteiger partial charge in [0.25, 0.3) is 5.91 Å². The Kier molecular flexibility index (Phi) is 3.66. The number of aromatic amines is 1. The molecule has 0 aliphatic heterocycles. The minimum Gasteiger partial charge on any atom is -0.395 e. The van der Waals surface area contributed by atoms with Crippen LogP contribution in [0.1, 0.15) is 54.7 Å². The molecule has 5 heteroatoms. The summed E-state index contributed by atoms with van der Waals surface area (Å²) in [5, 5.41) is 9.70. The lowest BCUT2D eigenvalue weighted by atomic mass is 10.1. The zero-order chi connectivity index (χ0) is 12.3. The maximum Gasteiger partial charge on any atom is 0.274 e. The van der Waals surface area contributed by atoms with Gasteiger partial charge in [-0.15, -0.1) is 0 Å². The number of carbonyl (C=O) groups excluding carboxylic acids is 1. The molecule has 0 bridgehead atoms. The minimum atomic E-state index is -0.154. The van der Waals surface area contributed by atoms with E-state index in [9.17, 15) is 4.79 Å². The summed E-state index contributed by atoms with van der Waals surface area (Å²) in [6.07, 6.45) is 7.07. The first kappa shape index (κ1) is 12.0. The lowest BCUT2D eigenvalue weighted by molar-refractivity contribution is 0.0929. The van der Waals surface area contributed by atoms with Crippen LogP contribution in [0.15, 0.2) is 0 Å². The van der Waals surface area contributed by atoms with Crippen molar-refractivity contribution in [1.82, 2.24) is 15.5 Å². The van der Waals surface area contributed by atoms with Crippen LogP contribution in [0.5, 0.6) is 0 Å². The first-order valence-corrected chi connectivity index (χ1v) is 6.30. The molecule has 0 radical (unpaired) electrons. The zero-order valence-electron chi connectivity index (χ0n) is 10.3. The molecule has 1 amide bonds. The van der Waals surface area contributed by atoms with Gasteiger partial charge in [-0.25, -0.2) is 0 Å². The highest BCUT2D eigenvalue weighted by molar-refractivity contribution is 5.97. The fourth-order valence-electron chi connectivity index (χ4n) is 2.29. The molecule has 1 heterocycles. The SMILES string of the molecule is Cc1[nH]nc(C(=O)NC2CCCCCC2)c1N. The number of hydrogen-bond acceptors (Lipinski definition) is 3. The van der Waals surface area contributed by atoms with Crippen molar-refractivity contribution in [2.45, 2.75) is 51.5 Å². The van der Waals surface area contributed by atoms with E-state index in [0.717, 1.165) is 18.5 Å². The molecule has 1 aromatic rings. The van der Waals surface area contributed by atoms with Gasteiger partial charge in [0.15, 0.2) is 5.69 Å². The molecule has 1 aliphatic rings. The number of aromatic nitrogens is 2. The Hall–Kier alpha value is -1.52. The Morgan fingerprint density at radius 1 is 1.35 bits per heavy atom. The predicted molar refractivity (Wildman–Crippen MR) is 66.7 cm³/mol. The molecule has 0 spiro atoms. The third kappa shape index (κ3) is 2.78. The van der Waals surface area contributed by atoms with E-state index in [1.54, 1.807) is 0 Å². The number of hydrogen-bond donors (Lipinski definition) is 3. The number of H-pyrrole nitrogens is 1. The molecule has 94 valence electrons. The van der Waals surface area contributed by atoms with Gasteiger partial charge in [0.1, 0.15) is 0 Å². The summed E-state index contributed by atoms with van der Waals surface area (Å²) >= 11 is 0. The Morgan fingerprint density at radius 2 is 2.00 bits per heavy atom. The maximum atomic E-state index is 12.0. The smallest absolute Gasteiger partial charge is 0.274 e. The Morgan fingerprint density at radius 3 is 2.53 bits per heavy atom. The molecule has 0 atom stereocenters. The highest BCUT2D eigenvalue weighted by Gasteiger charge is 2.19. The summed E-state index contributed by atoms with van der Waals surface area (Å²) in [7, 11) is 0. The average Bonchev–Trinajstić information content (AvgIpc) is 2.55. The largest absolute Gasteiger partial charge is 0.395 e. The Labute approximate surface area is 101 Å². The standard InChI is InChI=1S/C12H20N4O/c1-8-10(13)11(16-15-8)12(17)14-9-6-4-2-3-5-7-9/h9H,2-7,13H2,1H3,(H,14,17)(H,15,16). The number of nitrogens with two attached hydrogens (primary N) is 1. The number of nitrogens with one attached hydrogen (secondary N) is 2. The fourth-order valence-corrected chi connectivity index (χ4v) is 2.29. The van der Waals surface area contributed by atoms with E-state index in [1.165, 1.54) is 25.7 Å². The molecule has 4 N–H and O–H groups in total. The average molecular weight is 236 g/mol. The van der Waals surface area contributed by atoms with E-state index < -0.39 is 0 Å². The van der Waals surface area contributed by atoms with Crippen molar-refractivity contribution in [3.63, 3.8) is 0 Å². The molecule has 0 unspecified atom stereocenters. The van der Waals surface area contributed by atoms with Crippen molar-refractivity contribution in [3.05, 3.63) is 11.4 Å². The number of rotatable bonds is 2. The van der Waals surface area contributed by atoms with Crippen molar-refractivity contribution in [1.29, 1.82) is 0 Å². The zero-order valence-corrected chi connectivity index (χ0v) is 10.3. The van der Waals surface area contributed by atoms with Crippen molar-refractivity contribution >= 4 is 11.6 Å². The van der Waals surface area contributed by atoms with E-state index in [4.69, 9.17) is 5.73 Å². The van der Waals surface area contributed by atoms with E-state index in [1.807, 2.05) is 6.92 Å². The van der Waals surface area contributed by atoms with Crippen LogP contribution in [-0.2, 0) is 0 Å². The lowest BCUT2D eigenvalue weighted by Crippen LogP contribution is -2.35. The van der Waals surface area contributed by atoms with E-state index in [0.29, 0.717) is 11.4 Å². The Bertz CT molecular complexity index is 391. The summed E-state index contributed by atoms with van der Waals surface area (Å²) in [5.74, 6) is -0.154. The van der Waals surface area contributed by atoms with Crippen molar-refractivity contribution in [2.24, 2.45) is 0 Å². The van der Waals surface area contributed by atoms with Gasteiger partial charge < -0.3 is 11.1 Å². The molecule has 2 rings (SSSR count). The van der Waals surface area contributed by atoms with Crippen LogP contribution in [0.3, 0.4) is 0 Å². The maximum absolute atomic E-state index is 12.0. The van der Waals surface area contributed by atoms with Crippen LogP contribution in [0.4, 0.5) is 5.69 Å². The second kappa shape index (κ2) is 5.21. The highest BCUT2D eigenvalue weighted by atomic mass is 16.2. The summed E-state index contributed by atoms with van der Waals surface area (Å²) in [4.78, 5) is 12.0. The minimum absolute atomic E-state index is 0.154. The molecular weight excluding hydrogens is 216 g/mol. The van der Waals surface area contributed by atoms with Gasteiger partial charge in [-0.3, -0.25) is 9.89 Å². The van der Waals surface area contributed by atoms with Crippen LogP contribution in [0.25, 0.3) is 0 Å². The van der Waals surface area contributed by atoms with Crippen molar-refractivity contribution < 1.29 is 4.79 Å². The summed E-state index contributed by atoms with van der Waals surface area (Å²) < 4.78 is 0. The number of nitrogens with zero attached hydrogens (tertiary/aromatic N) is 1. The van der Waals surface area contributed by atoms with E-state index in [2.05, 4.69) is 15.5 Å². The highest BCUT2D eigenvalue weighted by Crippen LogP contribution is 2.18. The summed E-state index contributed by atoms with van der Waals surface area (Å²) in [5.41, 5.74) is 7.31. The predicted octanol–water partition coefficient (Wildman–Crippen LogP) is 1.75. The van der Waals surface area contributed by atoms with E-state index >= 15 is 0 Å². The monoisotopic (exact) mass is 236 g/mol. The van der Waals surface area contributed by atoms with Crippen LogP contribution in [0, 0.1) is 6.92 Å². The van der Waals surface area contributed by atoms with Gasteiger partial charge in [0.2, 0.25) is 0 Å². The van der Waals surface area contributed by atoms with Crippen molar-refractivity contribution in [2.75, 3.05) is 5.73 Å².